The van der Waals surface area contributed by atoms with Crippen molar-refractivity contribution in [2.45, 2.75) is 116 Å². The second kappa shape index (κ2) is 11.2. The van der Waals surface area contributed by atoms with Gasteiger partial charge in [0.2, 0.25) is 0 Å². The number of nitrogens with zero attached hydrogens (tertiary/aromatic N) is 2. The third-order valence-electron chi connectivity index (χ3n) is 7.04. The van der Waals surface area contributed by atoms with E-state index in [2.05, 4.69) is 24.8 Å². The van der Waals surface area contributed by atoms with Gasteiger partial charge < -0.3 is 4.90 Å². The van der Waals surface area contributed by atoms with Gasteiger partial charge in [-0.25, -0.2) is 0 Å². The topological polar surface area (TPSA) is 27.0 Å². The quantitative estimate of drug-likeness (QED) is 0.411. The minimum absolute atomic E-state index is 0.0171. The average molecular weight is 347 g/mol. The standard InChI is InChI=1S/C23H42N2/c1-3-5-7-8-10-21-13-18-25(19-14-21)22-11-16-23(20-24,17-12-22)15-9-6-4-2/h21-22H,3-19H2,1-2H3/t22-,23-. The van der Waals surface area contributed by atoms with E-state index >= 15 is 0 Å². The lowest BCUT2D eigenvalue weighted by Crippen LogP contribution is -2.44. The number of hydrogen-bond donors (Lipinski definition) is 0. The van der Waals surface area contributed by atoms with Crippen molar-refractivity contribution in [1.29, 1.82) is 5.26 Å². The van der Waals surface area contributed by atoms with E-state index in [0.717, 1.165) is 31.2 Å². The summed E-state index contributed by atoms with van der Waals surface area (Å²) in [5, 5.41) is 9.73. The molecule has 1 saturated carbocycles. The van der Waals surface area contributed by atoms with Crippen LogP contribution in [0.25, 0.3) is 0 Å². The first kappa shape index (κ1) is 20.8. The van der Waals surface area contributed by atoms with Crippen molar-refractivity contribution >= 4 is 0 Å². The Kier molecular flexibility index (Phi) is 9.32. The summed E-state index contributed by atoms with van der Waals surface area (Å²) in [6.07, 6.45) is 19.7. The van der Waals surface area contributed by atoms with Crippen LogP contribution in [0.5, 0.6) is 0 Å². The van der Waals surface area contributed by atoms with Gasteiger partial charge in [0.1, 0.15) is 0 Å². The second-order valence-electron chi connectivity index (χ2n) is 8.91. The largest absolute Gasteiger partial charge is 0.300 e. The maximum Gasteiger partial charge on any atom is 0.0689 e. The van der Waals surface area contributed by atoms with Crippen LogP contribution in [-0.4, -0.2) is 24.0 Å². The molecule has 1 aliphatic carbocycles. The molecule has 2 heteroatoms. The van der Waals surface area contributed by atoms with Crippen molar-refractivity contribution in [2.75, 3.05) is 13.1 Å². The highest BCUT2D eigenvalue weighted by Crippen LogP contribution is 2.42. The molecule has 0 aromatic carbocycles. The third-order valence-corrected chi connectivity index (χ3v) is 7.04. The molecular weight excluding hydrogens is 304 g/mol. The molecule has 0 aromatic heterocycles. The Morgan fingerprint density at radius 2 is 1.52 bits per heavy atom. The first-order valence-corrected chi connectivity index (χ1v) is 11.4. The molecule has 0 atom stereocenters. The van der Waals surface area contributed by atoms with Crippen molar-refractivity contribution in [1.82, 2.24) is 4.90 Å². The van der Waals surface area contributed by atoms with Crippen molar-refractivity contribution in [3.63, 3.8) is 0 Å². The molecule has 0 aromatic rings. The fourth-order valence-electron chi connectivity index (χ4n) is 5.12. The third kappa shape index (κ3) is 6.59. The van der Waals surface area contributed by atoms with E-state index in [-0.39, 0.29) is 5.41 Å². The molecule has 0 bridgehead atoms. The molecule has 25 heavy (non-hydrogen) atoms. The highest BCUT2D eigenvalue weighted by molar-refractivity contribution is 5.03. The predicted molar refractivity (Wildman–Crippen MR) is 108 cm³/mol. The summed E-state index contributed by atoms with van der Waals surface area (Å²) >= 11 is 0. The molecule has 0 unspecified atom stereocenters. The second-order valence-corrected chi connectivity index (χ2v) is 8.91. The predicted octanol–water partition coefficient (Wildman–Crippen LogP) is 6.70. The first-order chi connectivity index (χ1) is 12.2. The number of piperidine rings is 1. The van der Waals surface area contributed by atoms with Crippen LogP contribution in [0.3, 0.4) is 0 Å². The summed E-state index contributed by atoms with van der Waals surface area (Å²) in [4.78, 5) is 2.77. The van der Waals surface area contributed by atoms with Crippen molar-refractivity contribution in [3.05, 3.63) is 0 Å². The van der Waals surface area contributed by atoms with Gasteiger partial charge in [0.15, 0.2) is 0 Å². The maximum absolute atomic E-state index is 9.73. The van der Waals surface area contributed by atoms with E-state index < -0.39 is 0 Å². The average Bonchev–Trinajstić information content (AvgIpc) is 2.67. The van der Waals surface area contributed by atoms with Gasteiger partial charge in [0.25, 0.3) is 0 Å². The van der Waals surface area contributed by atoms with Crippen LogP contribution in [-0.2, 0) is 0 Å². The molecule has 0 radical (unpaired) electrons. The van der Waals surface area contributed by atoms with Crippen LogP contribution in [0.15, 0.2) is 0 Å². The maximum atomic E-state index is 9.73. The normalized spacial score (nSPS) is 28.8. The SMILES string of the molecule is CCCCCCC1CCN([C@H]2CC[C@@](C#N)(CCCCC)CC2)CC1. The highest BCUT2D eigenvalue weighted by Gasteiger charge is 2.37. The Balaban J connectivity index is 1.67. The molecule has 0 amide bonds. The summed E-state index contributed by atoms with van der Waals surface area (Å²) in [7, 11) is 0. The number of rotatable bonds is 10. The van der Waals surface area contributed by atoms with Crippen LogP contribution in [0.4, 0.5) is 0 Å². The minimum Gasteiger partial charge on any atom is -0.300 e. The van der Waals surface area contributed by atoms with E-state index in [0.29, 0.717) is 0 Å². The van der Waals surface area contributed by atoms with E-state index in [9.17, 15) is 5.26 Å². The smallest absolute Gasteiger partial charge is 0.0689 e. The summed E-state index contributed by atoms with van der Waals surface area (Å²) in [5.41, 5.74) is 0.0171. The monoisotopic (exact) mass is 346 g/mol. The molecular formula is C23H42N2. The summed E-state index contributed by atoms with van der Waals surface area (Å²) in [6.45, 7) is 7.19. The van der Waals surface area contributed by atoms with Gasteiger partial charge in [0.05, 0.1) is 11.5 Å². The van der Waals surface area contributed by atoms with Crippen LogP contribution in [0.2, 0.25) is 0 Å². The van der Waals surface area contributed by atoms with Crippen LogP contribution >= 0.6 is 0 Å². The molecule has 144 valence electrons. The summed E-state index contributed by atoms with van der Waals surface area (Å²) < 4.78 is 0. The van der Waals surface area contributed by atoms with E-state index in [1.807, 2.05) is 0 Å². The Morgan fingerprint density at radius 1 is 0.880 bits per heavy atom. The van der Waals surface area contributed by atoms with Gasteiger partial charge in [-0.3, -0.25) is 0 Å². The van der Waals surface area contributed by atoms with Crippen LogP contribution in [0.1, 0.15) is 110 Å². The van der Waals surface area contributed by atoms with Crippen LogP contribution < -0.4 is 0 Å². The van der Waals surface area contributed by atoms with Gasteiger partial charge in [-0.2, -0.15) is 5.26 Å². The molecule has 2 nitrogen and oxygen atoms in total. The van der Waals surface area contributed by atoms with Crippen molar-refractivity contribution in [2.24, 2.45) is 11.3 Å². The Morgan fingerprint density at radius 3 is 2.12 bits per heavy atom. The minimum atomic E-state index is 0.0171. The van der Waals surface area contributed by atoms with E-state index in [4.69, 9.17) is 0 Å². The Labute approximate surface area is 157 Å². The Hall–Kier alpha value is -0.550. The highest BCUT2D eigenvalue weighted by atomic mass is 15.2. The lowest BCUT2D eigenvalue weighted by molar-refractivity contribution is 0.0754. The van der Waals surface area contributed by atoms with Crippen LogP contribution in [0, 0.1) is 22.7 Å². The number of nitriles is 1. The number of hydrogen-bond acceptors (Lipinski definition) is 2. The zero-order valence-corrected chi connectivity index (χ0v) is 17.1. The van der Waals surface area contributed by atoms with Gasteiger partial charge in [-0.05, 0) is 64.0 Å². The molecule has 1 saturated heterocycles. The van der Waals surface area contributed by atoms with Crippen molar-refractivity contribution in [3.8, 4) is 6.07 Å². The van der Waals surface area contributed by atoms with Gasteiger partial charge >= 0.3 is 0 Å². The van der Waals surface area contributed by atoms with E-state index in [1.54, 1.807) is 0 Å². The molecule has 2 fully saturated rings. The fraction of sp³-hybridized carbons (Fsp3) is 0.957. The zero-order chi connectivity index (χ0) is 18.0. The van der Waals surface area contributed by atoms with Gasteiger partial charge in [-0.15, -0.1) is 0 Å². The first-order valence-electron chi connectivity index (χ1n) is 11.4. The molecule has 0 spiro atoms. The molecule has 2 aliphatic rings. The summed E-state index contributed by atoms with van der Waals surface area (Å²) in [6, 6.07) is 3.49. The van der Waals surface area contributed by atoms with E-state index in [1.165, 1.54) is 90.1 Å². The Bertz CT molecular complexity index is 381. The molecule has 0 N–H and O–H groups in total. The fourth-order valence-corrected chi connectivity index (χ4v) is 5.12. The van der Waals surface area contributed by atoms with Crippen molar-refractivity contribution < 1.29 is 0 Å². The number of likely N-dealkylation sites (tertiary alicyclic amines) is 1. The number of unbranched alkanes of at least 4 members (excludes halogenated alkanes) is 5. The van der Waals surface area contributed by atoms with Gasteiger partial charge in [-0.1, -0.05) is 65.2 Å². The summed E-state index contributed by atoms with van der Waals surface area (Å²) in [5.74, 6) is 0.990. The zero-order valence-electron chi connectivity index (χ0n) is 17.1. The van der Waals surface area contributed by atoms with Gasteiger partial charge in [0, 0.05) is 6.04 Å². The lowest BCUT2D eigenvalue weighted by Gasteiger charge is -2.43. The molecule has 2 rings (SSSR count). The molecule has 1 aliphatic heterocycles. The lowest BCUT2D eigenvalue weighted by atomic mass is 9.70. The molecule has 1 heterocycles.